The Morgan fingerprint density at radius 2 is 2.25 bits per heavy atom. The molecule has 1 aromatic rings. The molecule has 88 valence electrons. The van der Waals surface area contributed by atoms with Gasteiger partial charge in [-0.15, -0.1) is 0 Å². The Labute approximate surface area is 100 Å². The molecule has 0 saturated carbocycles. The molecule has 0 fully saturated rings. The van der Waals surface area contributed by atoms with Crippen LogP contribution in [0.2, 0.25) is 0 Å². The Hall–Kier alpha value is -1.16. The van der Waals surface area contributed by atoms with Crippen LogP contribution in [0.15, 0.2) is 18.2 Å². The summed E-state index contributed by atoms with van der Waals surface area (Å²) in [5.41, 5.74) is 1.64. The fourth-order valence-electron chi connectivity index (χ4n) is 1.38. The molecule has 0 aliphatic rings. The van der Waals surface area contributed by atoms with E-state index in [-0.39, 0.29) is 11.7 Å². The second-order valence-corrected chi connectivity index (χ2v) is 4.63. The quantitative estimate of drug-likeness (QED) is 0.613. The highest BCUT2D eigenvalue weighted by Crippen LogP contribution is 2.20. The topological polar surface area (TPSA) is 49.3 Å². The number of hydrogen-bond donors (Lipinski definition) is 2. The summed E-state index contributed by atoms with van der Waals surface area (Å²) >= 11 is 1.74. The van der Waals surface area contributed by atoms with Crippen molar-refractivity contribution in [1.29, 1.82) is 0 Å². The number of amides is 1. The summed E-state index contributed by atoms with van der Waals surface area (Å²) in [6.07, 6.45) is 3.47. The number of phenols is 1. The van der Waals surface area contributed by atoms with Crippen LogP contribution in [-0.4, -0.2) is 23.0 Å². The first-order chi connectivity index (χ1) is 7.63. The predicted molar refractivity (Wildman–Crippen MR) is 69.1 cm³/mol. The van der Waals surface area contributed by atoms with Crippen molar-refractivity contribution in [2.45, 2.75) is 19.8 Å². The second kappa shape index (κ2) is 6.43. The molecule has 16 heavy (non-hydrogen) atoms. The summed E-state index contributed by atoms with van der Waals surface area (Å²) in [6, 6.07) is 4.93. The van der Waals surface area contributed by atoms with Crippen LogP contribution < -0.4 is 5.32 Å². The van der Waals surface area contributed by atoms with E-state index in [0.29, 0.717) is 6.42 Å². The zero-order valence-corrected chi connectivity index (χ0v) is 10.4. The molecule has 0 spiro atoms. The van der Waals surface area contributed by atoms with Crippen molar-refractivity contribution in [3.05, 3.63) is 23.8 Å². The molecule has 2 N–H and O–H groups in total. The van der Waals surface area contributed by atoms with Gasteiger partial charge in [0.05, 0.1) is 0 Å². The molecule has 0 aliphatic heterocycles. The summed E-state index contributed by atoms with van der Waals surface area (Å²) in [6.45, 7) is 1.86. The SMILES string of the molecule is CSCCCC(=O)Nc1ccc(O)cc1C. The normalized spacial score (nSPS) is 10.1. The zero-order valence-electron chi connectivity index (χ0n) is 9.62. The highest BCUT2D eigenvalue weighted by Gasteiger charge is 2.04. The number of carbonyl (C=O) groups is 1. The third kappa shape index (κ3) is 4.14. The average molecular weight is 239 g/mol. The smallest absolute Gasteiger partial charge is 0.224 e. The Balaban J connectivity index is 2.49. The average Bonchev–Trinajstić information content (AvgIpc) is 2.23. The van der Waals surface area contributed by atoms with Gasteiger partial charge in [-0.25, -0.2) is 0 Å². The van der Waals surface area contributed by atoms with Gasteiger partial charge in [0.15, 0.2) is 0 Å². The number of hydrogen-bond acceptors (Lipinski definition) is 3. The van der Waals surface area contributed by atoms with Crippen molar-refractivity contribution in [3.63, 3.8) is 0 Å². The second-order valence-electron chi connectivity index (χ2n) is 3.64. The Bertz CT molecular complexity index is 366. The molecule has 1 aromatic carbocycles. The lowest BCUT2D eigenvalue weighted by atomic mass is 10.2. The monoisotopic (exact) mass is 239 g/mol. The Morgan fingerprint density at radius 1 is 1.50 bits per heavy atom. The van der Waals surface area contributed by atoms with Crippen LogP contribution in [0.3, 0.4) is 0 Å². The van der Waals surface area contributed by atoms with Gasteiger partial charge in [-0.2, -0.15) is 11.8 Å². The number of nitrogens with one attached hydrogen (secondary N) is 1. The van der Waals surface area contributed by atoms with Crippen molar-refractivity contribution >= 4 is 23.4 Å². The molecule has 0 bridgehead atoms. The fraction of sp³-hybridized carbons (Fsp3) is 0.417. The molecule has 3 nitrogen and oxygen atoms in total. The molecule has 1 amide bonds. The number of carbonyl (C=O) groups excluding carboxylic acids is 1. The first kappa shape index (κ1) is 12.9. The molecular formula is C12H17NO2S. The molecule has 0 heterocycles. The van der Waals surface area contributed by atoms with Gasteiger partial charge in [0.1, 0.15) is 5.75 Å². The van der Waals surface area contributed by atoms with Gasteiger partial charge in [-0.3, -0.25) is 4.79 Å². The summed E-state index contributed by atoms with van der Waals surface area (Å²) in [5.74, 6) is 1.25. The lowest BCUT2D eigenvalue weighted by Gasteiger charge is -2.08. The largest absolute Gasteiger partial charge is 0.508 e. The van der Waals surface area contributed by atoms with Crippen molar-refractivity contribution in [3.8, 4) is 5.75 Å². The van der Waals surface area contributed by atoms with Crippen LogP contribution in [0.5, 0.6) is 5.75 Å². The van der Waals surface area contributed by atoms with Gasteiger partial charge in [-0.05, 0) is 49.1 Å². The van der Waals surface area contributed by atoms with Gasteiger partial charge in [0, 0.05) is 12.1 Å². The maximum absolute atomic E-state index is 11.5. The number of rotatable bonds is 5. The van der Waals surface area contributed by atoms with E-state index in [1.165, 1.54) is 0 Å². The van der Waals surface area contributed by atoms with E-state index >= 15 is 0 Å². The van der Waals surface area contributed by atoms with Gasteiger partial charge < -0.3 is 10.4 Å². The molecule has 1 rings (SSSR count). The Kier molecular flexibility index (Phi) is 5.19. The van der Waals surface area contributed by atoms with Crippen LogP contribution in [0.25, 0.3) is 0 Å². The third-order valence-electron chi connectivity index (χ3n) is 2.24. The highest BCUT2D eigenvalue weighted by atomic mass is 32.2. The van der Waals surface area contributed by atoms with Crippen molar-refractivity contribution in [2.75, 3.05) is 17.3 Å². The number of benzene rings is 1. The summed E-state index contributed by atoms with van der Waals surface area (Å²) in [5, 5.41) is 12.1. The molecule has 0 aliphatic carbocycles. The van der Waals surface area contributed by atoms with Gasteiger partial charge in [0.25, 0.3) is 0 Å². The van der Waals surface area contributed by atoms with Crippen molar-refractivity contribution in [1.82, 2.24) is 0 Å². The molecule has 0 saturated heterocycles. The van der Waals surface area contributed by atoms with Crippen LogP contribution in [0.1, 0.15) is 18.4 Å². The van der Waals surface area contributed by atoms with E-state index in [4.69, 9.17) is 0 Å². The number of aromatic hydroxyl groups is 1. The standard InChI is InChI=1S/C12H17NO2S/c1-9-8-10(14)5-6-11(9)13-12(15)4-3-7-16-2/h5-6,8,14H,3-4,7H2,1-2H3,(H,13,15). The Morgan fingerprint density at radius 3 is 2.88 bits per heavy atom. The molecule has 4 heteroatoms. The molecule has 0 atom stereocenters. The predicted octanol–water partition coefficient (Wildman–Crippen LogP) is 2.78. The summed E-state index contributed by atoms with van der Waals surface area (Å²) in [4.78, 5) is 11.5. The van der Waals surface area contributed by atoms with E-state index in [2.05, 4.69) is 5.32 Å². The minimum absolute atomic E-state index is 0.0304. The van der Waals surface area contributed by atoms with E-state index in [1.54, 1.807) is 30.0 Å². The maximum atomic E-state index is 11.5. The van der Waals surface area contributed by atoms with E-state index in [0.717, 1.165) is 23.4 Å². The minimum Gasteiger partial charge on any atom is -0.508 e. The number of aryl methyl sites for hydroxylation is 1. The van der Waals surface area contributed by atoms with Gasteiger partial charge >= 0.3 is 0 Å². The van der Waals surface area contributed by atoms with Gasteiger partial charge in [0.2, 0.25) is 5.91 Å². The van der Waals surface area contributed by atoms with Crippen LogP contribution >= 0.6 is 11.8 Å². The van der Waals surface area contributed by atoms with Crippen LogP contribution in [-0.2, 0) is 4.79 Å². The number of phenolic OH excluding ortho intramolecular Hbond substituents is 1. The minimum atomic E-state index is 0.0304. The molecule has 0 radical (unpaired) electrons. The lowest BCUT2D eigenvalue weighted by molar-refractivity contribution is -0.116. The van der Waals surface area contributed by atoms with Crippen molar-refractivity contribution < 1.29 is 9.90 Å². The first-order valence-corrected chi connectivity index (χ1v) is 6.61. The molecule has 0 aromatic heterocycles. The van der Waals surface area contributed by atoms with E-state index in [1.807, 2.05) is 13.2 Å². The number of thioether (sulfide) groups is 1. The fourth-order valence-corrected chi connectivity index (χ4v) is 1.81. The summed E-state index contributed by atoms with van der Waals surface area (Å²) in [7, 11) is 0. The molecular weight excluding hydrogens is 222 g/mol. The van der Waals surface area contributed by atoms with Crippen molar-refractivity contribution in [2.24, 2.45) is 0 Å². The van der Waals surface area contributed by atoms with Crippen LogP contribution in [0.4, 0.5) is 5.69 Å². The van der Waals surface area contributed by atoms with Crippen LogP contribution in [0, 0.1) is 6.92 Å². The van der Waals surface area contributed by atoms with E-state index < -0.39 is 0 Å². The highest BCUT2D eigenvalue weighted by molar-refractivity contribution is 7.98. The van der Waals surface area contributed by atoms with Gasteiger partial charge in [-0.1, -0.05) is 0 Å². The molecule has 0 unspecified atom stereocenters. The maximum Gasteiger partial charge on any atom is 0.224 e. The lowest BCUT2D eigenvalue weighted by Crippen LogP contribution is -2.12. The van der Waals surface area contributed by atoms with E-state index in [9.17, 15) is 9.90 Å². The number of anilines is 1. The third-order valence-corrected chi connectivity index (χ3v) is 2.93. The zero-order chi connectivity index (χ0) is 12.0. The first-order valence-electron chi connectivity index (χ1n) is 5.22. The summed E-state index contributed by atoms with van der Waals surface area (Å²) < 4.78 is 0.